The number of benzene rings is 1. The van der Waals surface area contributed by atoms with Gasteiger partial charge in [-0.05, 0) is 55.5 Å². The van der Waals surface area contributed by atoms with Crippen LogP contribution in [-0.4, -0.2) is 18.0 Å². The molecule has 1 amide bonds. The number of rotatable bonds is 3. The molecule has 0 radical (unpaired) electrons. The maximum absolute atomic E-state index is 12.4. The molecular formula is C17H20BrClN2OS. The zero-order chi connectivity index (χ0) is 15.5. The lowest BCUT2D eigenvalue weighted by molar-refractivity contribution is 0.0930. The van der Waals surface area contributed by atoms with E-state index < -0.39 is 0 Å². The number of carbonyl (C=O) groups is 1. The molecule has 0 atom stereocenters. The lowest BCUT2D eigenvalue weighted by atomic mass is 9.92. The van der Waals surface area contributed by atoms with Gasteiger partial charge in [0.05, 0.1) is 4.88 Å². The van der Waals surface area contributed by atoms with Crippen LogP contribution in [0.15, 0.2) is 40.9 Å². The first-order chi connectivity index (χ1) is 10.6. The molecule has 0 spiro atoms. The number of amides is 1. The Morgan fingerprint density at radius 1 is 1.09 bits per heavy atom. The molecule has 124 valence electrons. The fraction of sp³-hybridized carbons (Fsp3) is 0.353. The van der Waals surface area contributed by atoms with Crippen LogP contribution in [0.5, 0.6) is 0 Å². The predicted octanol–water partition coefficient (Wildman–Crippen LogP) is 4.60. The van der Waals surface area contributed by atoms with Gasteiger partial charge in [-0.25, -0.2) is 0 Å². The van der Waals surface area contributed by atoms with Gasteiger partial charge in [0.15, 0.2) is 0 Å². The Labute approximate surface area is 155 Å². The van der Waals surface area contributed by atoms with Gasteiger partial charge >= 0.3 is 0 Å². The molecule has 0 saturated heterocycles. The van der Waals surface area contributed by atoms with E-state index in [1.807, 2.05) is 24.3 Å². The Bertz CT molecular complexity index is 651. The standard InChI is InChI=1S/C17H19BrN2OS.ClH/c18-12-3-1-11(2-4-12)15-9-10-16(22-15)17(21)20-14-7-5-13(19)6-8-14;/h1-4,9-10,13-14H,5-8,19H2,(H,20,21);1H. The third-order valence-electron chi connectivity index (χ3n) is 4.07. The molecular weight excluding hydrogens is 396 g/mol. The van der Waals surface area contributed by atoms with Crippen LogP contribution in [0.4, 0.5) is 0 Å². The quantitative estimate of drug-likeness (QED) is 0.769. The molecule has 1 aliphatic carbocycles. The topological polar surface area (TPSA) is 55.1 Å². The summed E-state index contributed by atoms with van der Waals surface area (Å²) in [4.78, 5) is 14.2. The lowest BCUT2D eigenvalue weighted by Crippen LogP contribution is -2.40. The average Bonchev–Trinajstić information content (AvgIpc) is 3.00. The van der Waals surface area contributed by atoms with Crippen molar-refractivity contribution in [3.05, 3.63) is 45.7 Å². The highest BCUT2D eigenvalue weighted by Gasteiger charge is 2.21. The summed E-state index contributed by atoms with van der Waals surface area (Å²) in [7, 11) is 0. The van der Waals surface area contributed by atoms with Crippen molar-refractivity contribution >= 4 is 45.6 Å². The number of carbonyl (C=O) groups excluding carboxylic acids is 1. The first kappa shape index (κ1) is 18.5. The Balaban J connectivity index is 0.00000192. The van der Waals surface area contributed by atoms with Gasteiger partial charge in [0, 0.05) is 21.4 Å². The van der Waals surface area contributed by atoms with E-state index in [0.717, 1.165) is 45.5 Å². The smallest absolute Gasteiger partial charge is 0.261 e. The number of hydrogen-bond acceptors (Lipinski definition) is 3. The van der Waals surface area contributed by atoms with Crippen LogP contribution in [0.2, 0.25) is 0 Å². The Kier molecular flexibility index (Phi) is 6.65. The van der Waals surface area contributed by atoms with Crippen LogP contribution < -0.4 is 11.1 Å². The van der Waals surface area contributed by atoms with E-state index in [2.05, 4.69) is 33.4 Å². The van der Waals surface area contributed by atoms with Gasteiger partial charge in [0.25, 0.3) is 5.91 Å². The fourth-order valence-corrected chi connectivity index (χ4v) is 3.93. The van der Waals surface area contributed by atoms with E-state index in [0.29, 0.717) is 6.04 Å². The molecule has 1 fully saturated rings. The van der Waals surface area contributed by atoms with Crippen molar-refractivity contribution in [2.75, 3.05) is 0 Å². The first-order valence-electron chi connectivity index (χ1n) is 7.54. The molecule has 6 heteroatoms. The highest BCUT2D eigenvalue weighted by molar-refractivity contribution is 9.10. The average molecular weight is 416 g/mol. The molecule has 0 aliphatic heterocycles. The van der Waals surface area contributed by atoms with Gasteiger partial charge in [-0.2, -0.15) is 0 Å². The van der Waals surface area contributed by atoms with Crippen molar-refractivity contribution in [1.82, 2.24) is 5.32 Å². The van der Waals surface area contributed by atoms with E-state index in [1.54, 1.807) is 0 Å². The molecule has 1 aliphatic rings. The van der Waals surface area contributed by atoms with Crippen molar-refractivity contribution in [2.45, 2.75) is 37.8 Å². The van der Waals surface area contributed by atoms with Crippen LogP contribution in [0.3, 0.4) is 0 Å². The van der Waals surface area contributed by atoms with E-state index in [9.17, 15) is 4.79 Å². The molecule has 23 heavy (non-hydrogen) atoms. The van der Waals surface area contributed by atoms with Crippen molar-refractivity contribution in [3.8, 4) is 10.4 Å². The minimum atomic E-state index is 0. The van der Waals surface area contributed by atoms with Crippen molar-refractivity contribution in [3.63, 3.8) is 0 Å². The second-order valence-electron chi connectivity index (χ2n) is 5.76. The van der Waals surface area contributed by atoms with Crippen LogP contribution in [0, 0.1) is 0 Å². The Morgan fingerprint density at radius 3 is 2.39 bits per heavy atom. The fourth-order valence-electron chi connectivity index (χ4n) is 2.75. The zero-order valence-corrected chi connectivity index (χ0v) is 15.8. The van der Waals surface area contributed by atoms with E-state index >= 15 is 0 Å². The number of nitrogens with one attached hydrogen (secondary N) is 1. The maximum atomic E-state index is 12.4. The van der Waals surface area contributed by atoms with Crippen molar-refractivity contribution < 1.29 is 4.79 Å². The van der Waals surface area contributed by atoms with E-state index in [-0.39, 0.29) is 24.4 Å². The summed E-state index contributed by atoms with van der Waals surface area (Å²) in [5, 5.41) is 3.14. The molecule has 1 heterocycles. The van der Waals surface area contributed by atoms with Gasteiger partial charge in [0.2, 0.25) is 0 Å². The van der Waals surface area contributed by atoms with Gasteiger partial charge in [-0.1, -0.05) is 28.1 Å². The maximum Gasteiger partial charge on any atom is 0.261 e. The Morgan fingerprint density at radius 2 is 1.74 bits per heavy atom. The van der Waals surface area contributed by atoms with Crippen LogP contribution in [-0.2, 0) is 0 Å². The molecule has 1 aromatic heterocycles. The SMILES string of the molecule is Cl.NC1CCC(NC(=O)c2ccc(-c3ccc(Br)cc3)s2)CC1. The summed E-state index contributed by atoms with van der Waals surface area (Å²) in [6.07, 6.45) is 3.97. The Hall–Kier alpha value is -0.880. The third kappa shape index (κ3) is 4.80. The van der Waals surface area contributed by atoms with Crippen molar-refractivity contribution in [1.29, 1.82) is 0 Å². The highest BCUT2D eigenvalue weighted by atomic mass is 79.9. The number of halogens is 2. The summed E-state index contributed by atoms with van der Waals surface area (Å²) < 4.78 is 1.06. The van der Waals surface area contributed by atoms with E-state index in [1.165, 1.54) is 11.3 Å². The van der Waals surface area contributed by atoms with Gasteiger partial charge in [0.1, 0.15) is 0 Å². The second-order valence-corrected chi connectivity index (χ2v) is 7.76. The highest BCUT2D eigenvalue weighted by Crippen LogP contribution is 2.29. The van der Waals surface area contributed by atoms with E-state index in [4.69, 9.17) is 5.73 Å². The number of hydrogen-bond donors (Lipinski definition) is 2. The van der Waals surface area contributed by atoms with Gasteiger partial charge in [-0.15, -0.1) is 23.7 Å². The van der Waals surface area contributed by atoms with Crippen molar-refractivity contribution in [2.24, 2.45) is 5.73 Å². The van der Waals surface area contributed by atoms with Gasteiger partial charge < -0.3 is 11.1 Å². The molecule has 3 rings (SSSR count). The first-order valence-corrected chi connectivity index (χ1v) is 9.15. The summed E-state index contributed by atoms with van der Waals surface area (Å²) in [6.45, 7) is 0. The normalized spacial score (nSPS) is 20.6. The van der Waals surface area contributed by atoms with Crippen LogP contribution in [0.25, 0.3) is 10.4 Å². The molecule has 1 aromatic carbocycles. The minimum absolute atomic E-state index is 0. The lowest BCUT2D eigenvalue weighted by Gasteiger charge is -2.26. The monoisotopic (exact) mass is 414 g/mol. The number of thiophene rings is 1. The van der Waals surface area contributed by atoms with Crippen LogP contribution >= 0.6 is 39.7 Å². The molecule has 3 nitrogen and oxygen atoms in total. The molecule has 2 aromatic rings. The largest absolute Gasteiger partial charge is 0.349 e. The molecule has 0 unspecified atom stereocenters. The second kappa shape index (κ2) is 8.29. The number of nitrogens with two attached hydrogens (primary N) is 1. The van der Waals surface area contributed by atoms with Gasteiger partial charge in [-0.3, -0.25) is 4.79 Å². The summed E-state index contributed by atoms with van der Waals surface area (Å²) in [5.74, 6) is 0.0360. The molecule has 1 saturated carbocycles. The summed E-state index contributed by atoms with van der Waals surface area (Å²) in [6, 6.07) is 12.6. The zero-order valence-electron chi connectivity index (χ0n) is 12.6. The third-order valence-corrected chi connectivity index (χ3v) is 5.73. The summed E-state index contributed by atoms with van der Waals surface area (Å²) in [5.41, 5.74) is 7.04. The predicted molar refractivity (Wildman–Crippen MR) is 102 cm³/mol. The molecule has 3 N–H and O–H groups in total. The van der Waals surface area contributed by atoms with Crippen LogP contribution in [0.1, 0.15) is 35.4 Å². The minimum Gasteiger partial charge on any atom is -0.349 e. The summed E-state index contributed by atoms with van der Waals surface area (Å²) >= 11 is 4.97. The molecule has 0 bridgehead atoms.